The van der Waals surface area contributed by atoms with E-state index in [0.717, 1.165) is 0 Å². The van der Waals surface area contributed by atoms with Gasteiger partial charge in [-0.25, -0.2) is 19.5 Å². The van der Waals surface area contributed by atoms with Gasteiger partial charge < -0.3 is 19.7 Å². The molecule has 0 aliphatic carbocycles. The maximum absolute atomic E-state index is 12.3. The second kappa shape index (κ2) is 10.9. The number of anilines is 1. The first-order chi connectivity index (χ1) is 15.3. The van der Waals surface area contributed by atoms with Gasteiger partial charge in [-0.05, 0) is 12.8 Å². The molecule has 0 bridgehead atoms. The zero-order chi connectivity index (χ0) is 22.9. The molecule has 13 nitrogen and oxygen atoms in total. The fourth-order valence-corrected chi connectivity index (χ4v) is 4.60. The Labute approximate surface area is 211 Å². The van der Waals surface area contributed by atoms with Gasteiger partial charge >= 0.3 is 13.8 Å². The van der Waals surface area contributed by atoms with Crippen molar-refractivity contribution in [1.82, 2.24) is 19.5 Å². The molecule has 5 atom stereocenters. The summed E-state index contributed by atoms with van der Waals surface area (Å²) in [5.41, 5.74) is 0.638. The van der Waals surface area contributed by atoms with Gasteiger partial charge in [0.2, 0.25) is 5.91 Å². The third-order valence-electron chi connectivity index (χ3n) is 5.03. The van der Waals surface area contributed by atoms with Crippen LogP contribution in [0.3, 0.4) is 0 Å². The first-order valence-corrected chi connectivity index (χ1v) is 11.8. The molecule has 15 heteroatoms. The van der Waals surface area contributed by atoms with Crippen molar-refractivity contribution in [1.29, 1.82) is 0 Å². The topological polar surface area (TPSA) is 164 Å². The number of hydrogen-bond acceptors (Lipinski definition) is 10. The van der Waals surface area contributed by atoms with Gasteiger partial charge in [0.1, 0.15) is 18.5 Å². The number of nitrogens with zero attached hydrogens (tertiary/aromatic N) is 4. The number of amides is 1. The van der Waals surface area contributed by atoms with Crippen molar-refractivity contribution in [2.75, 3.05) is 11.9 Å². The van der Waals surface area contributed by atoms with Crippen LogP contribution < -0.4 is 5.32 Å². The number of phosphoric acid groups is 1. The molecule has 2 N–H and O–H groups in total. The molecule has 4 rings (SSSR count). The smallest absolute Gasteiger partial charge is 0.455 e. The van der Waals surface area contributed by atoms with Crippen molar-refractivity contribution >= 4 is 66.2 Å². The van der Waals surface area contributed by atoms with Crippen LogP contribution in [0.2, 0.25) is 0 Å². The Bertz CT molecular complexity index is 1070. The maximum atomic E-state index is 12.3. The van der Waals surface area contributed by atoms with Crippen molar-refractivity contribution in [3.05, 3.63) is 12.7 Å². The molecule has 2 saturated heterocycles. The average molecular weight is 492 g/mol. The Morgan fingerprint density at radius 3 is 2.76 bits per heavy atom. The fraction of sp³-hybridized carbons (Fsp3) is 0.611. The van der Waals surface area contributed by atoms with E-state index >= 15 is 0 Å². The number of nitrogens with one attached hydrogen (secondary N) is 1. The number of aromatic nitrogens is 4. The number of rotatable bonds is 7. The van der Waals surface area contributed by atoms with Gasteiger partial charge in [-0.3, -0.25) is 23.2 Å². The number of esters is 1. The van der Waals surface area contributed by atoms with Crippen LogP contribution in [0, 0.1) is 0 Å². The van der Waals surface area contributed by atoms with Crippen LogP contribution in [-0.2, 0) is 32.7 Å². The molecular formula is C18H24N5NaO8P. The number of fused-ring (bicyclic) bond motifs is 2. The van der Waals surface area contributed by atoms with E-state index < -0.39 is 38.3 Å². The van der Waals surface area contributed by atoms with Crippen LogP contribution in [0.25, 0.3) is 11.2 Å². The predicted molar refractivity (Wildman–Crippen MR) is 114 cm³/mol. The third kappa shape index (κ3) is 5.63. The summed E-state index contributed by atoms with van der Waals surface area (Å²) in [6, 6.07) is 0. The molecule has 0 saturated carbocycles. The molecule has 2 aromatic heterocycles. The van der Waals surface area contributed by atoms with Crippen molar-refractivity contribution in [2.45, 2.75) is 64.1 Å². The Balaban J connectivity index is 0.00000306. The molecule has 0 aromatic carbocycles. The molecule has 2 aliphatic heterocycles. The summed E-state index contributed by atoms with van der Waals surface area (Å²) in [4.78, 5) is 46.7. The molecule has 1 unspecified atom stereocenters. The van der Waals surface area contributed by atoms with Crippen molar-refractivity contribution in [2.24, 2.45) is 0 Å². The van der Waals surface area contributed by atoms with Crippen LogP contribution in [0.4, 0.5) is 5.82 Å². The van der Waals surface area contributed by atoms with Crippen LogP contribution in [0.5, 0.6) is 0 Å². The van der Waals surface area contributed by atoms with Gasteiger partial charge in [-0.2, -0.15) is 0 Å². The molecule has 1 amide bonds. The number of carbonyl (C=O) groups is 2. The van der Waals surface area contributed by atoms with E-state index in [0.29, 0.717) is 30.4 Å². The molecule has 2 aromatic rings. The first kappa shape index (κ1) is 26.2. The Morgan fingerprint density at radius 2 is 2.03 bits per heavy atom. The minimum absolute atomic E-state index is 0. The Kier molecular flexibility index (Phi) is 8.62. The van der Waals surface area contributed by atoms with Crippen LogP contribution in [0.1, 0.15) is 45.8 Å². The summed E-state index contributed by atoms with van der Waals surface area (Å²) >= 11 is 0. The Hall–Kier alpha value is -1.44. The van der Waals surface area contributed by atoms with Gasteiger partial charge in [0.05, 0.1) is 12.9 Å². The van der Waals surface area contributed by atoms with Gasteiger partial charge in [0, 0.05) is 42.4 Å². The van der Waals surface area contributed by atoms with Gasteiger partial charge in [-0.15, -0.1) is 0 Å². The van der Waals surface area contributed by atoms with Crippen LogP contribution in [0.15, 0.2) is 12.7 Å². The van der Waals surface area contributed by atoms with E-state index in [9.17, 15) is 19.0 Å². The number of ether oxygens (including phenoxy) is 2. The van der Waals surface area contributed by atoms with Crippen molar-refractivity contribution < 1.29 is 37.6 Å². The minimum atomic E-state index is -4.30. The summed E-state index contributed by atoms with van der Waals surface area (Å²) in [5.74, 6) is -0.469. The van der Waals surface area contributed by atoms with E-state index in [1.165, 1.54) is 17.2 Å². The average Bonchev–Trinajstić information content (AvgIpc) is 3.30. The fourth-order valence-electron chi connectivity index (χ4n) is 3.64. The molecule has 0 spiro atoms. The summed E-state index contributed by atoms with van der Waals surface area (Å²) in [6.07, 6.45) is 0.639. The van der Waals surface area contributed by atoms with Crippen LogP contribution >= 0.6 is 7.82 Å². The number of imidazole rings is 1. The second-order valence-electron chi connectivity index (χ2n) is 7.45. The third-order valence-corrected chi connectivity index (χ3v) is 6.02. The summed E-state index contributed by atoms with van der Waals surface area (Å²) in [5, 5.41) is 2.70. The Morgan fingerprint density at radius 1 is 1.27 bits per heavy atom. The monoisotopic (exact) mass is 492 g/mol. The van der Waals surface area contributed by atoms with Crippen molar-refractivity contribution in [3.63, 3.8) is 0 Å². The molecule has 1 radical (unpaired) electrons. The first-order valence-electron chi connectivity index (χ1n) is 10.3. The summed E-state index contributed by atoms with van der Waals surface area (Å²) in [7, 11) is -4.30. The number of hydrogen-bond donors (Lipinski definition) is 2. The van der Waals surface area contributed by atoms with Gasteiger partial charge in [0.25, 0.3) is 0 Å². The predicted octanol–water partition coefficient (Wildman–Crippen LogP) is 1.31. The van der Waals surface area contributed by atoms with E-state index in [-0.39, 0.29) is 54.3 Å². The number of carbonyl (C=O) groups excluding carboxylic acids is 2. The number of phosphoric ester groups is 1. The quantitative estimate of drug-likeness (QED) is 0.325. The largest absolute Gasteiger partial charge is 0.472 e. The van der Waals surface area contributed by atoms with E-state index in [1.54, 1.807) is 0 Å². The van der Waals surface area contributed by atoms with Crippen molar-refractivity contribution in [3.8, 4) is 0 Å². The molecule has 2 aliphatic rings. The molecule has 4 heterocycles. The van der Waals surface area contributed by atoms with E-state index in [4.69, 9.17) is 18.5 Å². The zero-order valence-electron chi connectivity index (χ0n) is 18.5. The molecule has 33 heavy (non-hydrogen) atoms. The standard InChI is InChI=1S/C18H24N5O8P.Na/c1-3-5-11(24)22-16-13-17(20-8-19-16)23(9-21-13)18-15(30-12(25)6-4-2)14-10(29-18)7-28-32(26,27)31-14;/h8-10,14-15,18H,3-7H2,1-2H3,(H,26,27)(H,19,20,22,24);/t10-,14-,15-,18-;/m1./s1. The molecule has 175 valence electrons. The SMILES string of the molecule is CCCC(=O)Nc1ncnc2c1ncn2[C@@H]1O[C@@H]2COP(=O)(O)O[C@H]2[C@H]1OC(=O)CCC.[Na]. The van der Waals surface area contributed by atoms with Gasteiger partial charge in [0.15, 0.2) is 29.3 Å². The zero-order valence-corrected chi connectivity index (χ0v) is 21.4. The van der Waals surface area contributed by atoms with Gasteiger partial charge in [-0.1, -0.05) is 13.8 Å². The van der Waals surface area contributed by atoms with Crippen LogP contribution in [-0.4, -0.2) is 90.8 Å². The summed E-state index contributed by atoms with van der Waals surface area (Å²) in [6.45, 7) is 3.50. The minimum Gasteiger partial charge on any atom is -0.455 e. The molecular weight excluding hydrogens is 468 g/mol. The van der Waals surface area contributed by atoms with E-state index in [1.807, 2.05) is 13.8 Å². The molecule has 2 fully saturated rings. The maximum Gasteiger partial charge on any atom is 0.472 e. The second-order valence-corrected chi connectivity index (χ2v) is 8.85. The van der Waals surface area contributed by atoms with E-state index in [2.05, 4.69) is 20.3 Å². The summed E-state index contributed by atoms with van der Waals surface area (Å²) < 4.78 is 35.1. The normalized spacial score (nSPS) is 28.7.